The third-order valence-corrected chi connectivity index (χ3v) is 6.68. The molecule has 0 aromatic heterocycles. The Morgan fingerprint density at radius 1 is 1.12 bits per heavy atom. The van der Waals surface area contributed by atoms with Gasteiger partial charge in [0.15, 0.2) is 0 Å². The molecule has 2 aliphatic carbocycles. The molecule has 0 saturated heterocycles. The molecule has 0 aromatic carbocycles. The van der Waals surface area contributed by atoms with E-state index in [0.717, 1.165) is 5.54 Å². The second-order valence-electron chi connectivity index (χ2n) is 5.45. The molecule has 0 radical (unpaired) electrons. The summed E-state index contributed by atoms with van der Waals surface area (Å²) in [6.45, 7) is 2.29. The largest absolute Gasteiger partial charge is 0.0840 e. The van der Waals surface area contributed by atoms with Crippen molar-refractivity contribution >= 4 is 9.52 Å². The maximum atomic E-state index is 2.52. The maximum Gasteiger partial charge on any atom is 0.0447 e. The minimum atomic E-state index is -0.105. The highest BCUT2D eigenvalue weighted by Crippen LogP contribution is 2.43. The summed E-state index contributed by atoms with van der Waals surface area (Å²) in [4.78, 5) is 0. The van der Waals surface area contributed by atoms with Crippen LogP contribution in [0.3, 0.4) is 0 Å². The van der Waals surface area contributed by atoms with Crippen LogP contribution in [0.5, 0.6) is 0 Å². The Bertz CT molecular complexity index is 337. The van der Waals surface area contributed by atoms with Crippen molar-refractivity contribution in [1.82, 2.24) is 0 Å². The summed E-state index contributed by atoms with van der Waals surface area (Å²) >= 11 is 0. The van der Waals surface area contributed by atoms with E-state index in [9.17, 15) is 0 Å². The van der Waals surface area contributed by atoms with E-state index in [4.69, 9.17) is 0 Å². The van der Waals surface area contributed by atoms with Gasteiger partial charge in [-0.2, -0.15) is 0 Å². The summed E-state index contributed by atoms with van der Waals surface area (Å²) in [7, 11) is -0.105. The minimum Gasteiger partial charge on any atom is -0.0840 e. The quantitative estimate of drug-likeness (QED) is 0.482. The van der Waals surface area contributed by atoms with Crippen LogP contribution in [-0.4, -0.2) is 9.52 Å². The van der Waals surface area contributed by atoms with Crippen molar-refractivity contribution in [2.75, 3.05) is 0 Å². The van der Waals surface area contributed by atoms with Crippen LogP contribution in [0.4, 0.5) is 0 Å². The molecule has 0 heterocycles. The summed E-state index contributed by atoms with van der Waals surface area (Å²) in [6.07, 6.45) is 25.5. The summed E-state index contributed by atoms with van der Waals surface area (Å²) < 4.78 is 0. The van der Waals surface area contributed by atoms with Crippen molar-refractivity contribution in [1.29, 1.82) is 0 Å². The molecule has 0 nitrogen and oxygen atoms in total. The Balaban J connectivity index is 1.96. The van der Waals surface area contributed by atoms with E-state index >= 15 is 0 Å². The molecular formula is C16H24Si. The Morgan fingerprint density at radius 2 is 1.94 bits per heavy atom. The van der Waals surface area contributed by atoms with Gasteiger partial charge >= 0.3 is 0 Å². The van der Waals surface area contributed by atoms with Gasteiger partial charge < -0.3 is 0 Å². The zero-order chi connectivity index (χ0) is 12.0. The first kappa shape index (κ1) is 12.6. The highest BCUT2D eigenvalue weighted by molar-refractivity contribution is 6.44. The monoisotopic (exact) mass is 244 g/mol. The Morgan fingerprint density at radius 3 is 2.59 bits per heavy atom. The van der Waals surface area contributed by atoms with Crippen molar-refractivity contribution < 1.29 is 0 Å². The lowest BCUT2D eigenvalue weighted by atomic mass is 9.93. The van der Waals surface area contributed by atoms with Crippen LogP contribution in [0.15, 0.2) is 48.6 Å². The van der Waals surface area contributed by atoms with E-state index in [1.54, 1.807) is 0 Å². The number of rotatable bonds is 6. The van der Waals surface area contributed by atoms with Crippen LogP contribution in [0.1, 0.15) is 39.0 Å². The third-order valence-electron chi connectivity index (χ3n) is 3.97. The number of hydrogen-bond acceptors (Lipinski definition) is 0. The molecule has 0 aliphatic heterocycles. The number of allylic oxidation sites excluding steroid dienone is 8. The fraction of sp³-hybridized carbons (Fsp3) is 0.500. The summed E-state index contributed by atoms with van der Waals surface area (Å²) in [5, 5.41) is 0.563. The van der Waals surface area contributed by atoms with Gasteiger partial charge in [-0.1, -0.05) is 74.8 Å². The predicted octanol–water partition coefficient (Wildman–Crippen LogP) is 4.32. The molecule has 0 fully saturated rings. The number of hydrogen-bond donors (Lipinski definition) is 0. The van der Waals surface area contributed by atoms with Crippen molar-refractivity contribution in [2.45, 2.75) is 49.6 Å². The van der Waals surface area contributed by atoms with E-state index in [1.807, 2.05) is 0 Å². The molecule has 92 valence electrons. The molecule has 0 aromatic rings. The Hall–Kier alpha value is -0.823. The van der Waals surface area contributed by atoms with E-state index in [-0.39, 0.29) is 9.52 Å². The zero-order valence-electron chi connectivity index (χ0n) is 10.9. The van der Waals surface area contributed by atoms with Gasteiger partial charge in [0.25, 0.3) is 0 Å². The normalized spacial score (nSPS) is 27.8. The van der Waals surface area contributed by atoms with Crippen LogP contribution in [0.2, 0.25) is 10.6 Å². The fourth-order valence-corrected chi connectivity index (χ4v) is 5.54. The highest BCUT2D eigenvalue weighted by Gasteiger charge is 2.29. The molecular weight excluding hydrogens is 220 g/mol. The smallest absolute Gasteiger partial charge is 0.0447 e. The van der Waals surface area contributed by atoms with Crippen molar-refractivity contribution in [3.05, 3.63) is 48.6 Å². The standard InChI is InChI=1S/C16H24Si/c1-2-3-7-12-16(13-8-4-9-14-16)17-15-10-5-6-11-15/h4-6,8-11,13,15H,2-3,7,12,14,17H2,1H3. The van der Waals surface area contributed by atoms with Crippen molar-refractivity contribution in [2.24, 2.45) is 0 Å². The molecule has 1 heteroatoms. The van der Waals surface area contributed by atoms with E-state index in [2.05, 4.69) is 55.5 Å². The molecule has 0 N–H and O–H groups in total. The van der Waals surface area contributed by atoms with Crippen LogP contribution >= 0.6 is 0 Å². The molecule has 2 aliphatic rings. The average molecular weight is 244 g/mol. The first-order valence-corrected chi connectivity index (χ1v) is 8.56. The minimum absolute atomic E-state index is 0.105. The molecule has 0 amide bonds. The van der Waals surface area contributed by atoms with Gasteiger partial charge in [0.05, 0.1) is 0 Å². The second kappa shape index (κ2) is 6.20. The number of unbranched alkanes of at least 4 members (excludes halogenated alkanes) is 2. The van der Waals surface area contributed by atoms with Gasteiger partial charge in [0, 0.05) is 9.52 Å². The van der Waals surface area contributed by atoms with Crippen molar-refractivity contribution in [3.63, 3.8) is 0 Å². The fourth-order valence-electron chi connectivity index (χ4n) is 2.96. The first-order chi connectivity index (χ1) is 8.35. The van der Waals surface area contributed by atoms with Gasteiger partial charge in [-0.15, -0.1) is 0 Å². The molecule has 0 spiro atoms. The Labute approximate surface area is 108 Å². The maximum absolute atomic E-state index is 2.52. The van der Waals surface area contributed by atoms with E-state index in [1.165, 1.54) is 32.1 Å². The second-order valence-corrected chi connectivity index (χ2v) is 8.21. The molecule has 1 atom stereocenters. The van der Waals surface area contributed by atoms with Gasteiger partial charge in [0.1, 0.15) is 0 Å². The molecule has 1 unspecified atom stereocenters. The zero-order valence-corrected chi connectivity index (χ0v) is 12.4. The lowest BCUT2D eigenvalue weighted by Gasteiger charge is -2.33. The third kappa shape index (κ3) is 3.57. The summed E-state index contributed by atoms with van der Waals surface area (Å²) in [6, 6.07) is 0. The first-order valence-electron chi connectivity index (χ1n) is 7.04. The predicted molar refractivity (Wildman–Crippen MR) is 80.3 cm³/mol. The van der Waals surface area contributed by atoms with Crippen LogP contribution in [-0.2, 0) is 0 Å². The van der Waals surface area contributed by atoms with Crippen LogP contribution in [0.25, 0.3) is 0 Å². The van der Waals surface area contributed by atoms with Gasteiger partial charge in [-0.05, 0) is 23.4 Å². The molecule has 0 saturated carbocycles. The van der Waals surface area contributed by atoms with Crippen LogP contribution in [0, 0.1) is 0 Å². The molecule has 17 heavy (non-hydrogen) atoms. The lowest BCUT2D eigenvalue weighted by Crippen LogP contribution is -2.21. The van der Waals surface area contributed by atoms with E-state index < -0.39 is 0 Å². The SMILES string of the molecule is CCCCCC1([SiH2]C2C=CC=C2)C=CC=CC1. The summed E-state index contributed by atoms with van der Waals surface area (Å²) in [5.41, 5.74) is 0.799. The van der Waals surface area contributed by atoms with Gasteiger partial charge in [0.2, 0.25) is 0 Å². The molecule has 2 rings (SSSR count). The van der Waals surface area contributed by atoms with Gasteiger partial charge in [-0.25, -0.2) is 0 Å². The summed E-state index contributed by atoms with van der Waals surface area (Å²) in [5.74, 6) is 0. The molecule has 0 bridgehead atoms. The lowest BCUT2D eigenvalue weighted by molar-refractivity contribution is 0.552. The highest BCUT2D eigenvalue weighted by atomic mass is 28.2. The van der Waals surface area contributed by atoms with Crippen molar-refractivity contribution in [3.8, 4) is 0 Å². The van der Waals surface area contributed by atoms with Crippen LogP contribution < -0.4 is 0 Å². The van der Waals surface area contributed by atoms with Gasteiger partial charge in [-0.3, -0.25) is 0 Å². The average Bonchev–Trinajstić information content (AvgIpc) is 2.83. The van der Waals surface area contributed by atoms with E-state index in [0.29, 0.717) is 5.04 Å². The Kier molecular flexibility index (Phi) is 4.61. The topological polar surface area (TPSA) is 0 Å².